The number of carboxylic acid groups (broad SMARTS) is 1. The summed E-state index contributed by atoms with van der Waals surface area (Å²) in [6.45, 7) is 0. The van der Waals surface area contributed by atoms with Crippen LogP contribution in [0.4, 0.5) is 0 Å². The van der Waals surface area contributed by atoms with Gasteiger partial charge in [0.1, 0.15) is 5.75 Å². The number of ether oxygens (including phenoxy) is 1. The van der Waals surface area contributed by atoms with Gasteiger partial charge in [-0.3, -0.25) is 0 Å². The van der Waals surface area contributed by atoms with Crippen LogP contribution < -0.4 is 4.74 Å². The zero-order valence-corrected chi connectivity index (χ0v) is 10.9. The van der Waals surface area contributed by atoms with Gasteiger partial charge in [0.2, 0.25) is 5.69 Å². The van der Waals surface area contributed by atoms with E-state index < -0.39 is 5.97 Å². The van der Waals surface area contributed by atoms with Gasteiger partial charge in [0.05, 0.1) is 0 Å². The van der Waals surface area contributed by atoms with E-state index in [0.717, 1.165) is 0 Å². The zero-order chi connectivity index (χ0) is 13.9. The summed E-state index contributed by atoms with van der Waals surface area (Å²) in [5, 5.41) is 18.3. The number of nitrogens with one attached hydrogen (secondary N) is 1. The molecule has 0 saturated heterocycles. The normalized spacial score (nSPS) is 15.4. The fourth-order valence-electron chi connectivity index (χ4n) is 2.61. The Morgan fingerprint density at radius 3 is 2.60 bits per heavy atom. The van der Waals surface area contributed by atoms with Crippen molar-refractivity contribution in [3.8, 4) is 11.6 Å². The second-order valence-corrected chi connectivity index (χ2v) is 4.95. The number of rotatable bonds is 4. The molecule has 104 valence electrons. The molecule has 2 aromatic rings. The summed E-state index contributed by atoms with van der Waals surface area (Å²) in [4.78, 5) is 10.9. The summed E-state index contributed by atoms with van der Waals surface area (Å²) in [5.41, 5.74) is 1.10. The predicted octanol–water partition coefficient (Wildman–Crippen LogP) is 2.95. The van der Waals surface area contributed by atoms with Crippen molar-refractivity contribution in [2.75, 3.05) is 0 Å². The number of aromatic amines is 1. The SMILES string of the molecule is O=C(O)c1nn[nH]c1Oc1ccc(C2CCCC2)cc1. The molecule has 1 aliphatic rings. The molecule has 6 heteroatoms. The highest BCUT2D eigenvalue weighted by molar-refractivity contribution is 5.87. The summed E-state index contributed by atoms with van der Waals surface area (Å²) in [6, 6.07) is 7.77. The third-order valence-corrected chi connectivity index (χ3v) is 3.65. The van der Waals surface area contributed by atoms with Crippen molar-refractivity contribution in [3.05, 3.63) is 35.5 Å². The first-order valence-corrected chi connectivity index (χ1v) is 6.66. The predicted molar refractivity (Wildman–Crippen MR) is 71.1 cm³/mol. The van der Waals surface area contributed by atoms with Crippen LogP contribution in [-0.4, -0.2) is 26.5 Å². The molecular weight excluding hydrogens is 258 g/mol. The number of benzene rings is 1. The van der Waals surface area contributed by atoms with Crippen molar-refractivity contribution in [1.29, 1.82) is 0 Å². The van der Waals surface area contributed by atoms with Crippen molar-refractivity contribution in [3.63, 3.8) is 0 Å². The third kappa shape index (κ3) is 2.49. The molecule has 1 heterocycles. The molecule has 6 nitrogen and oxygen atoms in total. The topological polar surface area (TPSA) is 88.1 Å². The van der Waals surface area contributed by atoms with Gasteiger partial charge in [-0.2, -0.15) is 0 Å². The summed E-state index contributed by atoms with van der Waals surface area (Å²) in [6.07, 6.45) is 5.08. The molecular formula is C14H15N3O3. The average Bonchev–Trinajstić information content (AvgIpc) is 3.10. The molecule has 0 atom stereocenters. The van der Waals surface area contributed by atoms with Crippen LogP contribution in [0.25, 0.3) is 0 Å². The highest BCUT2D eigenvalue weighted by Gasteiger charge is 2.18. The van der Waals surface area contributed by atoms with Crippen molar-refractivity contribution in [1.82, 2.24) is 15.4 Å². The fourth-order valence-corrected chi connectivity index (χ4v) is 2.61. The fraction of sp³-hybridized carbons (Fsp3) is 0.357. The minimum absolute atomic E-state index is 0.0473. The Labute approximate surface area is 115 Å². The van der Waals surface area contributed by atoms with E-state index in [-0.39, 0.29) is 11.6 Å². The Hall–Kier alpha value is -2.37. The number of hydrogen-bond donors (Lipinski definition) is 2. The molecule has 0 aliphatic heterocycles. The number of H-pyrrole nitrogens is 1. The van der Waals surface area contributed by atoms with E-state index in [1.165, 1.54) is 31.2 Å². The Morgan fingerprint density at radius 1 is 1.25 bits per heavy atom. The van der Waals surface area contributed by atoms with Gasteiger partial charge in [-0.1, -0.05) is 30.2 Å². The Balaban J connectivity index is 1.74. The second-order valence-electron chi connectivity index (χ2n) is 4.95. The zero-order valence-electron chi connectivity index (χ0n) is 10.9. The number of aromatic nitrogens is 3. The van der Waals surface area contributed by atoms with Gasteiger partial charge in [-0.15, -0.1) is 5.10 Å². The minimum atomic E-state index is -1.17. The number of carboxylic acids is 1. The maximum atomic E-state index is 10.9. The van der Waals surface area contributed by atoms with Gasteiger partial charge >= 0.3 is 5.97 Å². The average molecular weight is 273 g/mol. The molecule has 1 aromatic carbocycles. The lowest BCUT2D eigenvalue weighted by Crippen LogP contribution is -2.00. The van der Waals surface area contributed by atoms with Crippen LogP contribution in [0.15, 0.2) is 24.3 Å². The van der Waals surface area contributed by atoms with E-state index in [4.69, 9.17) is 9.84 Å². The standard InChI is InChI=1S/C14H15N3O3/c18-14(19)12-13(16-17-15-12)20-11-7-5-10(6-8-11)9-3-1-2-4-9/h5-9H,1-4H2,(H,18,19)(H,15,16,17). The molecule has 0 amide bonds. The molecule has 0 spiro atoms. The molecule has 0 bridgehead atoms. The molecule has 3 rings (SSSR count). The Bertz CT molecular complexity index is 600. The lowest BCUT2D eigenvalue weighted by atomic mass is 9.98. The smallest absolute Gasteiger partial charge is 0.362 e. The summed E-state index contributed by atoms with van der Waals surface area (Å²) in [5.74, 6) is 0.0928. The largest absolute Gasteiger partial charge is 0.476 e. The van der Waals surface area contributed by atoms with Crippen molar-refractivity contribution < 1.29 is 14.6 Å². The molecule has 20 heavy (non-hydrogen) atoms. The Morgan fingerprint density at radius 2 is 1.95 bits per heavy atom. The van der Waals surface area contributed by atoms with Gasteiger partial charge in [-0.25, -0.2) is 9.89 Å². The van der Waals surface area contributed by atoms with Crippen molar-refractivity contribution in [2.24, 2.45) is 0 Å². The molecule has 1 saturated carbocycles. The van der Waals surface area contributed by atoms with Gasteiger partial charge in [0.15, 0.2) is 0 Å². The molecule has 0 radical (unpaired) electrons. The summed E-state index contributed by atoms with van der Waals surface area (Å²) in [7, 11) is 0. The van der Waals surface area contributed by atoms with Crippen LogP contribution in [0.5, 0.6) is 11.6 Å². The second kappa shape index (κ2) is 5.32. The van der Waals surface area contributed by atoms with E-state index in [1.807, 2.05) is 24.3 Å². The quantitative estimate of drug-likeness (QED) is 0.894. The van der Waals surface area contributed by atoms with Gasteiger partial charge in [0, 0.05) is 0 Å². The van der Waals surface area contributed by atoms with Crippen LogP contribution in [-0.2, 0) is 0 Å². The lowest BCUT2D eigenvalue weighted by Gasteiger charge is -2.10. The molecule has 2 N–H and O–H groups in total. The number of carbonyl (C=O) groups is 1. The lowest BCUT2D eigenvalue weighted by molar-refractivity contribution is 0.0687. The molecule has 1 aromatic heterocycles. The molecule has 1 fully saturated rings. The van der Waals surface area contributed by atoms with Gasteiger partial charge in [-0.05, 0) is 36.5 Å². The van der Waals surface area contributed by atoms with Gasteiger partial charge < -0.3 is 9.84 Å². The Kier molecular flexibility index (Phi) is 3.37. The summed E-state index contributed by atoms with van der Waals surface area (Å²) >= 11 is 0. The van der Waals surface area contributed by atoms with Crippen molar-refractivity contribution >= 4 is 5.97 Å². The van der Waals surface area contributed by atoms with Crippen molar-refractivity contribution in [2.45, 2.75) is 31.6 Å². The highest BCUT2D eigenvalue weighted by Crippen LogP contribution is 2.35. The van der Waals surface area contributed by atoms with Crippen LogP contribution in [0.3, 0.4) is 0 Å². The van der Waals surface area contributed by atoms with E-state index in [9.17, 15) is 4.79 Å². The monoisotopic (exact) mass is 273 g/mol. The first kappa shape index (κ1) is 12.7. The third-order valence-electron chi connectivity index (χ3n) is 3.65. The first-order valence-electron chi connectivity index (χ1n) is 6.66. The van der Waals surface area contributed by atoms with E-state index in [2.05, 4.69) is 15.4 Å². The number of nitrogens with zero attached hydrogens (tertiary/aromatic N) is 2. The molecule has 0 unspecified atom stereocenters. The van der Waals surface area contributed by atoms with E-state index >= 15 is 0 Å². The van der Waals surface area contributed by atoms with Crippen LogP contribution >= 0.6 is 0 Å². The van der Waals surface area contributed by atoms with E-state index in [1.54, 1.807) is 0 Å². The highest BCUT2D eigenvalue weighted by atomic mass is 16.5. The minimum Gasteiger partial charge on any atom is -0.476 e. The van der Waals surface area contributed by atoms with Crippen LogP contribution in [0, 0.1) is 0 Å². The summed E-state index contributed by atoms with van der Waals surface area (Å²) < 4.78 is 5.47. The number of aromatic carboxylic acids is 1. The maximum Gasteiger partial charge on any atom is 0.362 e. The van der Waals surface area contributed by atoms with Crippen LogP contribution in [0.1, 0.15) is 47.7 Å². The van der Waals surface area contributed by atoms with E-state index in [0.29, 0.717) is 11.7 Å². The number of hydrogen-bond acceptors (Lipinski definition) is 4. The maximum absolute atomic E-state index is 10.9. The van der Waals surface area contributed by atoms with Gasteiger partial charge in [0.25, 0.3) is 5.88 Å². The first-order chi connectivity index (χ1) is 9.74. The van der Waals surface area contributed by atoms with Crippen LogP contribution in [0.2, 0.25) is 0 Å². The molecule has 1 aliphatic carbocycles.